The number of aryl methyl sites for hydroxylation is 1. The third-order valence-electron chi connectivity index (χ3n) is 5.28. The molecule has 0 aliphatic carbocycles. The summed E-state index contributed by atoms with van der Waals surface area (Å²) in [5.74, 6) is -0.121. The van der Waals surface area contributed by atoms with Crippen molar-refractivity contribution >= 4 is 51.8 Å². The minimum absolute atomic E-state index is 0.121. The van der Waals surface area contributed by atoms with Gasteiger partial charge in [-0.2, -0.15) is 0 Å². The smallest absolute Gasteiger partial charge is 0.369 e. The van der Waals surface area contributed by atoms with Gasteiger partial charge in [-0.1, -0.05) is 63.6 Å². The summed E-state index contributed by atoms with van der Waals surface area (Å²) in [6.07, 6.45) is 3.52. The number of thiazole rings is 1. The number of hydrogen-bond acceptors (Lipinski definition) is 4. The normalized spacial score (nSPS) is 11.4. The summed E-state index contributed by atoms with van der Waals surface area (Å²) in [4.78, 5) is 18.9. The average Bonchev–Trinajstić information content (AvgIpc) is 3.35. The van der Waals surface area contributed by atoms with Crippen LogP contribution < -0.4 is 15.2 Å². The molecule has 0 radical (unpaired) electrons. The predicted octanol–water partition coefficient (Wildman–Crippen LogP) is 4.80. The van der Waals surface area contributed by atoms with Crippen molar-refractivity contribution in [3.63, 3.8) is 0 Å². The van der Waals surface area contributed by atoms with E-state index in [1.807, 2.05) is 16.8 Å². The van der Waals surface area contributed by atoms with Gasteiger partial charge in [0.1, 0.15) is 12.1 Å². The Kier molecular flexibility index (Phi) is 5.66. The highest BCUT2D eigenvalue weighted by molar-refractivity contribution is 7.15. The second-order valence-corrected chi connectivity index (χ2v) is 10.0. The average molecular weight is 518 g/mol. The Hall–Kier alpha value is -2.84. The SMILES string of the molecule is Cn1ccc2n1c(=O)c(-c1cc(Cl)cc(Cl)c1)c(-c1ccc([O-])cc1)[n+]2Cc1cnc(Cl)s1. The maximum absolute atomic E-state index is 13.9. The van der Waals surface area contributed by atoms with Gasteiger partial charge < -0.3 is 5.11 Å². The fourth-order valence-corrected chi connectivity index (χ4v) is 5.42. The van der Waals surface area contributed by atoms with Gasteiger partial charge in [0, 0.05) is 28.9 Å². The first-order valence-corrected chi connectivity index (χ1v) is 11.7. The molecule has 6 nitrogen and oxygen atoms in total. The molecule has 5 aromatic rings. The highest BCUT2D eigenvalue weighted by Gasteiger charge is 2.29. The van der Waals surface area contributed by atoms with E-state index in [-0.39, 0.29) is 11.3 Å². The fraction of sp³-hybridized carbons (Fsp3) is 0.0870. The van der Waals surface area contributed by atoms with Crippen molar-refractivity contribution in [2.24, 2.45) is 7.05 Å². The van der Waals surface area contributed by atoms with Gasteiger partial charge in [-0.15, -0.1) is 17.1 Å². The second-order valence-electron chi connectivity index (χ2n) is 7.44. The summed E-state index contributed by atoms with van der Waals surface area (Å²) in [5.41, 5.74) is 2.76. The van der Waals surface area contributed by atoms with Gasteiger partial charge in [-0.3, -0.25) is 0 Å². The lowest BCUT2D eigenvalue weighted by atomic mass is 9.99. The Balaban J connectivity index is 1.94. The largest absolute Gasteiger partial charge is 0.872 e. The van der Waals surface area contributed by atoms with Crippen molar-refractivity contribution in [2.75, 3.05) is 0 Å². The molecule has 10 heteroatoms. The maximum Gasteiger partial charge on any atom is 0.369 e. The molecule has 0 unspecified atom stereocenters. The molecule has 3 heterocycles. The van der Waals surface area contributed by atoms with Crippen molar-refractivity contribution < 1.29 is 9.67 Å². The number of hydrogen-bond donors (Lipinski definition) is 0. The van der Waals surface area contributed by atoms with Crippen LogP contribution in [0.5, 0.6) is 5.75 Å². The van der Waals surface area contributed by atoms with Gasteiger partial charge in [0.25, 0.3) is 0 Å². The lowest BCUT2D eigenvalue weighted by Gasteiger charge is -2.15. The number of fused-ring (bicyclic) bond motifs is 1. The van der Waals surface area contributed by atoms with Gasteiger partial charge in [0.15, 0.2) is 10.2 Å². The zero-order chi connectivity index (χ0) is 23.3. The summed E-state index contributed by atoms with van der Waals surface area (Å²) in [6.45, 7) is 0.411. The van der Waals surface area contributed by atoms with E-state index in [0.717, 1.165) is 4.88 Å². The highest BCUT2D eigenvalue weighted by atomic mass is 35.5. The van der Waals surface area contributed by atoms with Gasteiger partial charge in [-0.05, 0) is 23.8 Å². The number of halogens is 3. The third kappa shape index (κ3) is 4.02. The van der Waals surface area contributed by atoms with Crippen LogP contribution in [-0.4, -0.2) is 14.2 Å². The fourth-order valence-electron chi connectivity index (χ4n) is 3.93. The van der Waals surface area contributed by atoms with Crippen LogP contribution in [0.1, 0.15) is 4.88 Å². The first-order valence-electron chi connectivity index (χ1n) is 9.80. The van der Waals surface area contributed by atoms with Crippen molar-refractivity contribution in [1.29, 1.82) is 0 Å². The standard InChI is InChI=1S/C23H15Cl3N4O2S/c1-28-7-6-19-29(12-18-11-27-23(26)33-18)21(13-2-4-17(31)5-3-13)20(22(32)30(19)28)14-8-15(24)10-16(25)9-14/h2-11H,12H2,1H3. The molecule has 0 fully saturated rings. The summed E-state index contributed by atoms with van der Waals surface area (Å²) in [5, 5.41) is 12.7. The van der Waals surface area contributed by atoms with Crippen LogP contribution in [0.2, 0.25) is 14.5 Å². The topological polar surface area (TPSA) is 66.2 Å². The van der Waals surface area contributed by atoms with Crippen LogP contribution in [0.25, 0.3) is 28.0 Å². The molecule has 0 aliphatic heterocycles. The Morgan fingerprint density at radius 2 is 1.73 bits per heavy atom. The Morgan fingerprint density at radius 3 is 2.36 bits per heavy atom. The highest BCUT2D eigenvalue weighted by Crippen LogP contribution is 2.32. The monoisotopic (exact) mass is 516 g/mol. The first kappa shape index (κ1) is 22.0. The number of aromatic nitrogens is 4. The van der Waals surface area contributed by atoms with Crippen molar-refractivity contribution in [2.45, 2.75) is 6.54 Å². The molecule has 5 rings (SSSR count). The van der Waals surface area contributed by atoms with E-state index in [0.29, 0.717) is 49.1 Å². The molecule has 3 aromatic heterocycles. The van der Waals surface area contributed by atoms with Gasteiger partial charge in [-0.25, -0.2) is 19.0 Å². The van der Waals surface area contributed by atoms with E-state index in [9.17, 15) is 9.90 Å². The summed E-state index contributed by atoms with van der Waals surface area (Å²) >= 11 is 20.1. The molecule has 0 atom stereocenters. The van der Waals surface area contributed by atoms with E-state index >= 15 is 0 Å². The van der Waals surface area contributed by atoms with Crippen LogP contribution in [0.3, 0.4) is 0 Å². The van der Waals surface area contributed by atoms with Gasteiger partial charge in [0.05, 0.1) is 17.1 Å². The third-order valence-corrected chi connectivity index (χ3v) is 6.82. The van der Waals surface area contributed by atoms with Crippen LogP contribution in [0, 0.1) is 0 Å². The maximum atomic E-state index is 13.9. The van der Waals surface area contributed by atoms with Crippen LogP contribution >= 0.6 is 46.1 Å². The molecule has 33 heavy (non-hydrogen) atoms. The van der Waals surface area contributed by atoms with Crippen molar-refractivity contribution in [3.8, 4) is 28.1 Å². The lowest BCUT2D eigenvalue weighted by Crippen LogP contribution is -2.43. The van der Waals surface area contributed by atoms with Crippen molar-refractivity contribution in [3.05, 3.63) is 90.7 Å². The van der Waals surface area contributed by atoms with E-state index in [4.69, 9.17) is 34.8 Å². The lowest BCUT2D eigenvalue weighted by molar-refractivity contribution is -0.654. The second kappa shape index (κ2) is 8.50. The number of nitrogens with zero attached hydrogens (tertiary/aromatic N) is 4. The van der Waals surface area contributed by atoms with Crippen LogP contribution in [0.4, 0.5) is 0 Å². The molecule has 2 aromatic carbocycles. The van der Waals surface area contributed by atoms with Crippen molar-refractivity contribution in [1.82, 2.24) is 14.2 Å². The Labute approximate surface area is 207 Å². The molecule has 0 spiro atoms. The van der Waals surface area contributed by atoms with E-state index in [1.165, 1.54) is 23.5 Å². The zero-order valence-corrected chi connectivity index (χ0v) is 20.2. The Bertz CT molecular complexity index is 1550. The Morgan fingerprint density at radius 1 is 1.03 bits per heavy atom. The molecule has 0 aliphatic rings. The molecular formula is C23H15Cl3N4O2S. The summed E-state index contributed by atoms with van der Waals surface area (Å²) in [7, 11) is 1.79. The molecule has 0 saturated heterocycles. The molecule has 0 saturated carbocycles. The number of benzene rings is 2. The molecule has 0 N–H and O–H groups in total. The minimum atomic E-state index is -0.240. The summed E-state index contributed by atoms with van der Waals surface area (Å²) < 4.78 is 5.74. The van der Waals surface area contributed by atoms with Gasteiger partial charge >= 0.3 is 11.2 Å². The van der Waals surface area contributed by atoms with E-state index < -0.39 is 0 Å². The van der Waals surface area contributed by atoms with Gasteiger partial charge in [0.2, 0.25) is 0 Å². The number of rotatable bonds is 4. The van der Waals surface area contributed by atoms with E-state index in [1.54, 1.807) is 52.8 Å². The van der Waals surface area contributed by atoms with E-state index in [2.05, 4.69) is 4.98 Å². The molecular weight excluding hydrogens is 503 g/mol. The molecule has 0 amide bonds. The quantitative estimate of drug-likeness (QED) is 0.322. The van der Waals surface area contributed by atoms with Crippen LogP contribution in [0.15, 0.2) is 65.7 Å². The predicted molar refractivity (Wildman–Crippen MR) is 129 cm³/mol. The first-order chi connectivity index (χ1) is 15.8. The molecule has 166 valence electrons. The molecule has 0 bridgehead atoms. The van der Waals surface area contributed by atoms with Crippen LogP contribution in [-0.2, 0) is 13.6 Å². The minimum Gasteiger partial charge on any atom is -0.872 e. The summed E-state index contributed by atoms with van der Waals surface area (Å²) in [6, 6.07) is 13.3. The zero-order valence-electron chi connectivity index (χ0n) is 17.1.